The van der Waals surface area contributed by atoms with Gasteiger partial charge in [0.2, 0.25) is 5.91 Å². The minimum absolute atomic E-state index is 0.00108. The van der Waals surface area contributed by atoms with Crippen LogP contribution in [-0.4, -0.2) is 27.0 Å². The molecule has 4 rings (SSSR count). The van der Waals surface area contributed by atoms with Gasteiger partial charge in [-0.2, -0.15) is 0 Å². The molecule has 0 aliphatic carbocycles. The van der Waals surface area contributed by atoms with Crippen molar-refractivity contribution in [3.63, 3.8) is 0 Å². The van der Waals surface area contributed by atoms with Gasteiger partial charge >= 0.3 is 0 Å². The molecule has 1 aliphatic rings. The summed E-state index contributed by atoms with van der Waals surface area (Å²) >= 11 is 0. The average Bonchev–Trinajstić information content (AvgIpc) is 2.93. The van der Waals surface area contributed by atoms with E-state index in [9.17, 15) is 9.90 Å². The second-order valence-electron chi connectivity index (χ2n) is 6.87. The number of aromatic nitrogens is 2. The Bertz CT molecular complexity index is 1010. The predicted octanol–water partition coefficient (Wildman–Crippen LogP) is 2.69. The topological polar surface area (TPSA) is 75.9 Å². The second kappa shape index (κ2) is 7.04. The number of carbonyl (C=O) groups excluding carboxylic acids is 1. The van der Waals surface area contributed by atoms with Gasteiger partial charge in [-0.25, -0.2) is 4.98 Å². The van der Waals surface area contributed by atoms with Crippen LogP contribution in [0, 0.1) is 6.92 Å². The Labute approximate surface area is 157 Å². The Morgan fingerprint density at radius 2 is 2.19 bits per heavy atom. The van der Waals surface area contributed by atoms with Crippen LogP contribution in [0.25, 0.3) is 5.65 Å². The lowest BCUT2D eigenvalue weighted by Crippen LogP contribution is -2.21. The monoisotopic (exact) mass is 365 g/mol. The Morgan fingerprint density at radius 1 is 1.33 bits per heavy atom. The highest BCUT2D eigenvalue weighted by atomic mass is 16.5. The quantitative estimate of drug-likeness (QED) is 0.745. The number of aryl methyl sites for hydroxylation is 1. The van der Waals surface area contributed by atoms with Crippen molar-refractivity contribution in [2.75, 3.05) is 6.61 Å². The largest absolute Gasteiger partial charge is 0.494 e. The third kappa shape index (κ3) is 3.17. The maximum atomic E-state index is 12.3. The number of fused-ring (bicyclic) bond motifs is 3. The number of nitrogens with one attached hydrogen (secondary N) is 1. The fourth-order valence-electron chi connectivity index (χ4n) is 3.77. The number of hydrogen-bond donors (Lipinski definition) is 2. The molecule has 6 nitrogen and oxygen atoms in total. The summed E-state index contributed by atoms with van der Waals surface area (Å²) < 4.78 is 7.69. The van der Waals surface area contributed by atoms with Gasteiger partial charge in [-0.05, 0) is 43.2 Å². The highest BCUT2D eigenvalue weighted by Gasteiger charge is 2.29. The molecule has 140 valence electrons. The number of aliphatic hydroxyl groups excluding tert-OH is 1. The first-order chi connectivity index (χ1) is 13.1. The summed E-state index contributed by atoms with van der Waals surface area (Å²) in [4.78, 5) is 17.1. The number of ether oxygens (including phenoxy) is 1. The molecule has 6 heteroatoms. The van der Waals surface area contributed by atoms with E-state index in [1.807, 2.05) is 44.2 Å². The fourth-order valence-corrected chi connectivity index (χ4v) is 3.77. The molecule has 0 fully saturated rings. The first kappa shape index (κ1) is 17.5. The Balaban J connectivity index is 1.88. The zero-order valence-electron chi connectivity index (χ0n) is 15.5. The highest BCUT2D eigenvalue weighted by Crippen LogP contribution is 2.35. The molecule has 1 aromatic carbocycles. The van der Waals surface area contributed by atoms with Gasteiger partial charge in [0, 0.05) is 24.1 Å². The molecule has 2 N–H and O–H groups in total. The van der Waals surface area contributed by atoms with Crippen LogP contribution in [0.2, 0.25) is 0 Å². The summed E-state index contributed by atoms with van der Waals surface area (Å²) in [6.07, 6.45) is 2.40. The Hall–Kier alpha value is -2.86. The number of pyridine rings is 1. The molecular weight excluding hydrogens is 342 g/mol. The predicted molar refractivity (Wildman–Crippen MR) is 102 cm³/mol. The zero-order chi connectivity index (χ0) is 19.0. The highest BCUT2D eigenvalue weighted by molar-refractivity contribution is 5.78. The van der Waals surface area contributed by atoms with Crippen molar-refractivity contribution in [3.8, 4) is 5.75 Å². The van der Waals surface area contributed by atoms with Crippen molar-refractivity contribution >= 4 is 11.6 Å². The van der Waals surface area contributed by atoms with Crippen LogP contribution in [0.4, 0.5) is 0 Å². The number of nitrogens with zero attached hydrogens (tertiary/aromatic N) is 2. The second-order valence-corrected chi connectivity index (χ2v) is 6.87. The lowest BCUT2D eigenvalue weighted by molar-refractivity contribution is -0.121. The van der Waals surface area contributed by atoms with Crippen LogP contribution < -0.4 is 10.1 Å². The van der Waals surface area contributed by atoms with E-state index in [4.69, 9.17) is 9.72 Å². The van der Waals surface area contributed by atoms with E-state index >= 15 is 0 Å². The van der Waals surface area contributed by atoms with Gasteiger partial charge in [0.05, 0.1) is 31.1 Å². The fraction of sp³-hybridized carbons (Fsp3) is 0.333. The van der Waals surface area contributed by atoms with Gasteiger partial charge in [0.25, 0.3) is 0 Å². The van der Waals surface area contributed by atoms with Gasteiger partial charge in [-0.15, -0.1) is 0 Å². The average molecular weight is 365 g/mol. The van der Waals surface area contributed by atoms with Crippen LogP contribution in [0.15, 0.2) is 36.5 Å². The lowest BCUT2D eigenvalue weighted by Gasteiger charge is -2.18. The van der Waals surface area contributed by atoms with Crippen LogP contribution in [0.1, 0.15) is 47.3 Å². The third-order valence-corrected chi connectivity index (χ3v) is 5.01. The van der Waals surface area contributed by atoms with Crippen molar-refractivity contribution in [3.05, 3.63) is 64.6 Å². The van der Waals surface area contributed by atoms with Gasteiger partial charge < -0.3 is 19.6 Å². The minimum Gasteiger partial charge on any atom is -0.494 e. The van der Waals surface area contributed by atoms with E-state index in [0.29, 0.717) is 25.3 Å². The van der Waals surface area contributed by atoms with Crippen molar-refractivity contribution in [1.29, 1.82) is 0 Å². The molecule has 0 unspecified atom stereocenters. The molecule has 1 amide bonds. The first-order valence-corrected chi connectivity index (χ1v) is 9.21. The Morgan fingerprint density at radius 3 is 2.96 bits per heavy atom. The van der Waals surface area contributed by atoms with Crippen LogP contribution in [-0.2, 0) is 17.9 Å². The number of hydrogen-bond acceptors (Lipinski definition) is 4. The van der Waals surface area contributed by atoms with Crippen molar-refractivity contribution in [1.82, 2.24) is 14.7 Å². The van der Waals surface area contributed by atoms with E-state index in [-0.39, 0.29) is 18.4 Å². The lowest BCUT2D eigenvalue weighted by atomic mass is 9.90. The summed E-state index contributed by atoms with van der Waals surface area (Å²) in [5.74, 6) is 0.537. The number of rotatable bonds is 4. The number of imidazole rings is 1. The molecule has 2 aromatic heterocycles. The number of amides is 1. The first-order valence-electron chi connectivity index (χ1n) is 9.21. The number of aliphatic hydroxyl groups is 1. The van der Waals surface area contributed by atoms with Crippen LogP contribution in [0.3, 0.4) is 0 Å². The van der Waals surface area contributed by atoms with Gasteiger partial charge in [-0.3, -0.25) is 4.79 Å². The standard InChI is InChI=1S/C21H23N3O3/c1-3-27-18-6-5-14(8-15(18)12-25)16-9-20(26)22-10-17-21(16)24-11-13(2)4-7-19(24)23-17/h4-8,11,16,25H,3,9-10,12H2,1-2H3,(H,22,26)/t16-/m1/s1. The summed E-state index contributed by atoms with van der Waals surface area (Å²) in [6, 6.07) is 9.83. The molecule has 0 saturated carbocycles. The maximum Gasteiger partial charge on any atom is 0.221 e. The normalized spacial score (nSPS) is 16.7. The van der Waals surface area contributed by atoms with Crippen LogP contribution in [0.5, 0.6) is 5.75 Å². The summed E-state index contributed by atoms with van der Waals surface area (Å²) in [7, 11) is 0. The minimum atomic E-state index is -0.139. The molecule has 0 bridgehead atoms. The summed E-state index contributed by atoms with van der Waals surface area (Å²) in [5.41, 5.74) is 5.62. The van der Waals surface area contributed by atoms with E-state index < -0.39 is 0 Å². The van der Waals surface area contributed by atoms with Crippen LogP contribution >= 0.6 is 0 Å². The zero-order valence-corrected chi connectivity index (χ0v) is 15.5. The Kier molecular flexibility index (Phi) is 4.58. The van der Waals surface area contributed by atoms with Gasteiger partial charge in [-0.1, -0.05) is 12.1 Å². The van der Waals surface area contributed by atoms with E-state index in [1.165, 1.54) is 0 Å². The molecule has 1 aliphatic heterocycles. The van der Waals surface area contributed by atoms with Crippen molar-refractivity contribution in [2.45, 2.75) is 39.3 Å². The third-order valence-electron chi connectivity index (χ3n) is 5.01. The van der Waals surface area contributed by atoms with Gasteiger partial charge in [0.1, 0.15) is 11.4 Å². The molecule has 27 heavy (non-hydrogen) atoms. The molecule has 3 heterocycles. The number of benzene rings is 1. The smallest absolute Gasteiger partial charge is 0.221 e. The molecule has 0 spiro atoms. The number of carbonyl (C=O) groups is 1. The molecule has 3 aromatic rings. The summed E-state index contributed by atoms with van der Waals surface area (Å²) in [6.45, 7) is 4.81. The SMILES string of the molecule is CCOc1ccc([C@H]2CC(=O)NCc3nc4ccc(C)cn4c32)cc1CO. The van der Waals surface area contributed by atoms with Crippen molar-refractivity contribution in [2.24, 2.45) is 0 Å². The molecule has 0 saturated heterocycles. The maximum absolute atomic E-state index is 12.3. The molecular formula is C21H23N3O3. The molecule has 1 atom stereocenters. The molecule has 0 radical (unpaired) electrons. The van der Waals surface area contributed by atoms with Gasteiger partial charge in [0.15, 0.2) is 0 Å². The van der Waals surface area contributed by atoms with E-state index in [0.717, 1.165) is 33.7 Å². The van der Waals surface area contributed by atoms with Crippen molar-refractivity contribution < 1.29 is 14.6 Å². The summed E-state index contributed by atoms with van der Waals surface area (Å²) in [5, 5.41) is 12.7. The van der Waals surface area contributed by atoms with E-state index in [2.05, 4.69) is 15.9 Å². The van der Waals surface area contributed by atoms with E-state index in [1.54, 1.807) is 0 Å².